The Morgan fingerprint density at radius 3 is 2.33 bits per heavy atom. The first-order valence-electron chi connectivity index (χ1n) is 3.23. The van der Waals surface area contributed by atoms with Gasteiger partial charge < -0.3 is 4.74 Å². The molecule has 0 aliphatic rings. The van der Waals surface area contributed by atoms with E-state index >= 15 is 0 Å². The van der Waals surface area contributed by atoms with Crippen molar-refractivity contribution in [3.05, 3.63) is 30.3 Å². The number of hydrogen-bond donors (Lipinski definition) is 0. The van der Waals surface area contributed by atoms with Crippen LogP contribution in [-0.2, 0) is 0 Å². The average Bonchev–Trinajstić information content (AvgIpc) is 2.02. The van der Waals surface area contributed by atoms with Crippen LogP contribution in [0.3, 0.4) is 0 Å². The maximum absolute atomic E-state index is 11.6. The largest absolute Gasteiger partial charge is 0.484 e. The van der Waals surface area contributed by atoms with Gasteiger partial charge in [-0.25, -0.2) is 0 Å². The first kappa shape index (κ1) is 8.90. The highest BCUT2D eigenvalue weighted by molar-refractivity contribution is 5.20. The molecule has 0 fully saturated rings. The first-order valence-corrected chi connectivity index (χ1v) is 3.23. The molecule has 0 aliphatic heterocycles. The van der Waals surface area contributed by atoms with Crippen LogP contribution in [0.2, 0.25) is 0 Å². The van der Waals surface area contributed by atoms with Gasteiger partial charge in [-0.1, -0.05) is 12.1 Å². The molecule has 0 amide bonds. The molecule has 1 aromatic carbocycles. The minimum Gasteiger partial charge on any atom is -0.484 e. The van der Waals surface area contributed by atoms with Crippen molar-refractivity contribution >= 4 is 0 Å². The molecule has 0 aliphatic carbocycles. The van der Waals surface area contributed by atoms with Crippen molar-refractivity contribution in [2.24, 2.45) is 0 Å². The number of rotatable bonds is 2. The zero-order valence-corrected chi connectivity index (χ0v) is 6.06. The summed E-state index contributed by atoms with van der Waals surface area (Å²) in [4.78, 5) is 0. The molecule has 1 nitrogen and oxygen atoms in total. The SMILES string of the molecule is FC(F)(F)COc1cc[c]cc1. The molecule has 0 spiro atoms. The van der Waals surface area contributed by atoms with Gasteiger partial charge in [0.1, 0.15) is 5.75 Å². The van der Waals surface area contributed by atoms with E-state index in [0.29, 0.717) is 0 Å². The summed E-state index contributed by atoms with van der Waals surface area (Å²) in [5, 5.41) is 0. The molecule has 0 atom stereocenters. The Kier molecular flexibility index (Phi) is 2.58. The predicted molar refractivity (Wildman–Crippen MR) is 36.8 cm³/mol. The summed E-state index contributed by atoms with van der Waals surface area (Å²) in [6.07, 6.45) is -4.28. The van der Waals surface area contributed by atoms with E-state index in [9.17, 15) is 13.2 Å². The molecule has 0 saturated carbocycles. The fourth-order valence-corrected chi connectivity index (χ4v) is 0.633. The summed E-state index contributed by atoms with van der Waals surface area (Å²) in [7, 11) is 0. The Balaban J connectivity index is 2.44. The van der Waals surface area contributed by atoms with Crippen LogP contribution in [-0.4, -0.2) is 12.8 Å². The second-order valence-electron chi connectivity index (χ2n) is 2.14. The highest BCUT2D eigenvalue weighted by Crippen LogP contribution is 2.17. The Labute approximate surface area is 67.8 Å². The summed E-state index contributed by atoms with van der Waals surface area (Å²) in [5.74, 6) is 0.200. The van der Waals surface area contributed by atoms with E-state index in [4.69, 9.17) is 0 Å². The molecule has 1 aromatic rings. The molecule has 12 heavy (non-hydrogen) atoms. The molecule has 65 valence electrons. The van der Waals surface area contributed by atoms with Crippen LogP contribution in [0.1, 0.15) is 0 Å². The van der Waals surface area contributed by atoms with Gasteiger partial charge in [0.2, 0.25) is 0 Å². The summed E-state index contributed by atoms with van der Waals surface area (Å²) >= 11 is 0. The molecule has 1 rings (SSSR count). The van der Waals surface area contributed by atoms with Crippen LogP contribution >= 0.6 is 0 Å². The van der Waals surface area contributed by atoms with E-state index in [1.807, 2.05) is 0 Å². The van der Waals surface area contributed by atoms with E-state index in [0.717, 1.165) is 0 Å². The lowest BCUT2D eigenvalue weighted by atomic mass is 10.3. The summed E-state index contributed by atoms with van der Waals surface area (Å²) in [5.41, 5.74) is 0. The second-order valence-corrected chi connectivity index (χ2v) is 2.14. The van der Waals surface area contributed by atoms with E-state index in [-0.39, 0.29) is 5.75 Å². The van der Waals surface area contributed by atoms with Gasteiger partial charge in [-0.3, -0.25) is 0 Å². The fraction of sp³-hybridized carbons (Fsp3) is 0.250. The predicted octanol–water partition coefficient (Wildman–Crippen LogP) is 2.43. The van der Waals surface area contributed by atoms with Gasteiger partial charge in [-0.2, -0.15) is 13.2 Å². The van der Waals surface area contributed by atoms with Crippen LogP contribution in [0.5, 0.6) is 5.75 Å². The van der Waals surface area contributed by atoms with Gasteiger partial charge in [0.25, 0.3) is 0 Å². The Morgan fingerprint density at radius 2 is 1.83 bits per heavy atom. The average molecular weight is 175 g/mol. The molecular weight excluding hydrogens is 169 g/mol. The molecule has 4 heteroatoms. The van der Waals surface area contributed by atoms with Crippen molar-refractivity contribution in [2.45, 2.75) is 6.18 Å². The Bertz CT molecular complexity index is 230. The maximum Gasteiger partial charge on any atom is 0.422 e. The van der Waals surface area contributed by atoms with E-state index in [2.05, 4.69) is 10.8 Å². The van der Waals surface area contributed by atoms with E-state index in [1.165, 1.54) is 24.3 Å². The first-order chi connectivity index (χ1) is 5.58. The molecule has 0 heterocycles. The number of halogens is 3. The minimum absolute atomic E-state index is 0.200. The number of ether oxygens (including phenoxy) is 1. The molecular formula is C8H6F3O. The van der Waals surface area contributed by atoms with Crippen LogP contribution in [0.25, 0.3) is 0 Å². The van der Waals surface area contributed by atoms with Crippen molar-refractivity contribution < 1.29 is 17.9 Å². The van der Waals surface area contributed by atoms with Crippen molar-refractivity contribution in [3.8, 4) is 5.75 Å². The third-order valence-corrected chi connectivity index (χ3v) is 1.09. The van der Waals surface area contributed by atoms with Gasteiger partial charge >= 0.3 is 6.18 Å². The summed E-state index contributed by atoms with van der Waals surface area (Å²) in [6, 6.07) is 8.50. The van der Waals surface area contributed by atoms with Gasteiger partial charge in [-0.05, 0) is 18.2 Å². The van der Waals surface area contributed by atoms with Gasteiger partial charge in [0.05, 0.1) is 0 Å². The molecule has 0 N–H and O–H groups in total. The smallest absolute Gasteiger partial charge is 0.422 e. The van der Waals surface area contributed by atoms with Crippen molar-refractivity contribution in [1.29, 1.82) is 0 Å². The zero-order chi connectivity index (χ0) is 9.03. The standard InChI is InChI=1S/C8H6F3O/c9-8(10,11)6-12-7-4-2-1-3-5-7/h2-5H,6H2. The molecule has 0 bridgehead atoms. The third-order valence-electron chi connectivity index (χ3n) is 1.09. The summed E-state index contributed by atoms with van der Waals surface area (Å²) in [6.45, 7) is -1.25. The topological polar surface area (TPSA) is 9.23 Å². The zero-order valence-electron chi connectivity index (χ0n) is 6.06. The Morgan fingerprint density at radius 1 is 1.25 bits per heavy atom. The van der Waals surface area contributed by atoms with E-state index in [1.54, 1.807) is 0 Å². The lowest BCUT2D eigenvalue weighted by Crippen LogP contribution is -2.19. The van der Waals surface area contributed by atoms with Crippen LogP contribution in [0, 0.1) is 6.07 Å². The summed E-state index contributed by atoms with van der Waals surface area (Å²) < 4.78 is 39.3. The van der Waals surface area contributed by atoms with E-state index < -0.39 is 12.8 Å². The highest BCUT2D eigenvalue weighted by Gasteiger charge is 2.28. The van der Waals surface area contributed by atoms with Crippen LogP contribution in [0.15, 0.2) is 24.3 Å². The Hall–Kier alpha value is -1.19. The highest BCUT2D eigenvalue weighted by atomic mass is 19.4. The molecule has 1 radical (unpaired) electrons. The van der Waals surface area contributed by atoms with Crippen LogP contribution in [0.4, 0.5) is 13.2 Å². The monoisotopic (exact) mass is 175 g/mol. The van der Waals surface area contributed by atoms with Gasteiger partial charge in [-0.15, -0.1) is 0 Å². The molecule has 0 saturated heterocycles. The van der Waals surface area contributed by atoms with Crippen molar-refractivity contribution in [1.82, 2.24) is 0 Å². The quantitative estimate of drug-likeness (QED) is 0.670. The molecule has 0 unspecified atom stereocenters. The number of hydrogen-bond acceptors (Lipinski definition) is 1. The van der Waals surface area contributed by atoms with Gasteiger partial charge in [0, 0.05) is 0 Å². The van der Waals surface area contributed by atoms with Crippen LogP contribution < -0.4 is 4.74 Å². The van der Waals surface area contributed by atoms with Crippen molar-refractivity contribution in [3.63, 3.8) is 0 Å². The normalized spacial score (nSPS) is 11.2. The number of benzene rings is 1. The third kappa shape index (κ3) is 3.27. The molecule has 0 aromatic heterocycles. The lowest BCUT2D eigenvalue weighted by Gasteiger charge is -2.07. The fourth-order valence-electron chi connectivity index (χ4n) is 0.633. The maximum atomic E-state index is 11.6. The lowest BCUT2D eigenvalue weighted by molar-refractivity contribution is -0.153. The van der Waals surface area contributed by atoms with Gasteiger partial charge in [0.15, 0.2) is 6.61 Å². The minimum atomic E-state index is -4.28. The number of alkyl halides is 3. The second kappa shape index (κ2) is 3.47. The van der Waals surface area contributed by atoms with Crippen molar-refractivity contribution in [2.75, 3.05) is 6.61 Å².